The maximum atomic E-state index is 12.2. The van der Waals surface area contributed by atoms with Crippen molar-refractivity contribution in [3.05, 3.63) is 35.2 Å². The summed E-state index contributed by atoms with van der Waals surface area (Å²) in [6, 6.07) is 5.54. The van der Waals surface area contributed by atoms with E-state index in [1.807, 2.05) is 22.4 Å². The Hall–Kier alpha value is -2.52. The number of carbonyl (C=O) groups excluding carboxylic acids is 1. The molecule has 0 spiro atoms. The summed E-state index contributed by atoms with van der Waals surface area (Å²) in [5, 5.41) is 16.6. The maximum absolute atomic E-state index is 12.2. The van der Waals surface area contributed by atoms with Gasteiger partial charge in [0.1, 0.15) is 5.76 Å². The molecule has 0 fully saturated rings. The minimum absolute atomic E-state index is 0.167. The molecule has 0 aromatic carbocycles. The molecule has 3 heterocycles. The highest BCUT2D eigenvalue weighted by Gasteiger charge is 2.16. The van der Waals surface area contributed by atoms with Gasteiger partial charge in [-0.1, -0.05) is 18.1 Å². The molecule has 3 rings (SSSR count). The number of thiophene rings is 1. The molecule has 0 saturated carbocycles. The molecule has 9 heteroatoms. The molecule has 8 nitrogen and oxygen atoms in total. The van der Waals surface area contributed by atoms with Gasteiger partial charge in [-0.25, -0.2) is 0 Å². The summed E-state index contributed by atoms with van der Waals surface area (Å²) >= 11 is 1.54. The van der Waals surface area contributed by atoms with Crippen LogP contribution in [-0.2, 0) is 11.3 Å². The highest BCUT2D eigenvalue weighted by atomic mass is 32.1. The highest BCUT2D eigenvalue weighted by molar-refractivity contribution is 7.13. The molecular formula is C16H19N5O3S. The molecule has 25 heavy (non-hydrogen) atoms. The number of nitrogens with zero attached hydrogens (tertiary/aromatic N) is 4. The third-order valence-electron chi connectivity index (χ3n) is 3.36. The van der Waals surface area contributed by atoms with Gasteiger partial charge in [-0.15, -0.1) is 21.5 Å². The SMILES string of the molecule is CCCN(CC(=O)Nc1cc(C)on1)Cc1nnc(-c2cccs2)o1. The van der Waals surface area contributed by atoms with Gasteiger partial charge in [-0.3, -0.25) is 9.69 Å². The van der Waals surface area contributed by atoms with Crippen LogP contribution in [-0.4, -0.2) is 39.3 Å². The van der Waals surface area contributed by atoms with Gasteiger partial charge in [0.2, 0.25) is 11.8 Å². The topological polar surface area (TPSA) is 97.3 Å². The Kier molecular flexibility index (Phi) is 5.56. The summed E-state index contributed by atoms with van der Waals surface area (Å²) in [4.78, 5) is 15.1. The van der Waals surface area contributed by atoms with E-state index >= 15 is 0 Å². The van der Waals surface area contributed by atoms with E-state index in [0.29, 0.717) is 29.9 Å². The van der Waals surface area contributed by atoms with Crippen LogP contribution in [0.1, 0.15) is 25.0 Å². The first-order valence-corrected chi connectivity index (χ1v) is 8.83. The minimum atomic E-state index is -0.167. The summed E-state index contributed by atoms with van der Waals surface area (Å²) in [7, 11) is 0. The number of aryl methyl sites for hydroxylation is 1. The van der Waals surface area contributed by atoms with E-state index in [4.69, 9.17) is 8.94 Å². The second kappa shape index (κ2) is 8.04. The lowest BCUT2D eigenvalue weighted by atomic mass is 10.3. The molecule has 0 aliphatic carbocycles. The molecule has 0 aliphatic heterocycles. The Morgan fingerprint density at radius 3 is 2.96 bits per heavy atom. The summed E-state index contributed by atoms with van der Waals surface area (Å²) < 4.78 is 10.6. The van der Waals surface area contributed by atoms with Gasteiger partial charge >= 0.3 is 0 Å². The number of anilines is 1. The van der Waals surface area contributed by atoms with Gasteiger partial charge in [0, 0.05) is 6.07 Å². The fourth-order valence-electron chi connectivity index (χ4n) is 2.35. The van der Waals surface area contributed by atoms with E-state index in [2.05, 4.69) is 27.6 Å². The zero-order chi connectivity index (χ0) is 17.6. The first-order chi connectivity index (χ1) is 12.1. The van der Waals surface area contributed by atoms with Gasteiger partial charge in [-0.2, -0.15) is 0 Å². The van der Waals surface area contributed by atoms with Crippen LogP contribution in [0.15, 0.2) is 32.5 Å². The molecule has 0 atom stereocenters. The molecule has 3 aromatic rings. The maximum Gasteiger partial charge on any atom is 0.257 e. The first-order valence-electron chi connectivity index (χ1n) is 7.96. The van der Waals surface area contributed by atoms with Gasteiger partial charge in [0.05, 0.1) is 18.0 Å². The standard InChI is InChI=1S/C16H19N5O3S/c1-3-6-21(9-14(22)17-13-8-11(2)24-20-13)10-15-18-19-16(23-15)12-5-4-7-25-12/h4-5,7-8H,3,6,9-10H2,1-2H3,(H,17,20,22). The lowest BCUT2D eigenvalue weighted by molar-refractivity contribution is -0.117. The second-order valence-corrected chi connectivity index (χ2v) is 6.51. The molecular weight excluding hydrogens is 342 g/mol. The summed E-state index contributed by atoms with van der Waals surface area (Å²) in [5.41, 5.74) is 0. The molecule has 0 saturated heterocycles. The van der Waals surface area contributed by atoms with E-state index in [0.717, 1.165) is 17.8 Å². The summed E-state index contributed by atoms with van der Waals surface area (Å²) in [6.07, 6.45) is 0.905. The lowest BCUT2D eigenvalue weighted by Crippen LogP contribution is -2.33. The fourth-order valence-corrected chi connectivity index (χ4v) is 2.99. The van der Waals surface area contributed by atoms with Crippen molar-refractivity contribution in [3.63, 3.8) is 0 Å². The predicted octanol–water partition coefficient (Wildman–Crippen LogP) is 2.95. The smallest absolute Gasteiger partial charge is 0.257 e. The number of aromatic nitrogens is 3. The third-order valence-corrected chi connectivity index (χ3v) is 4.22. The van der Waals surface area contributed by atoms with Crippen molar-refractivity contribution >= 4 is 23.1 Å². The number of carbonyl (C=O) groups is 1. The predicted molar refractivity (Wildman–Crippen MR) is 93.0 cm³/mol. The van der Waals surface area contributed by atoms with Crippen LogP contribution in [0.4, 0.5) is 5.82 Å². The zero-order valence-electron chi connectivity index (χ0n) is 14.1. The van der Waals surface area contributed by atoms with Crippen molar-refractivity contribution < 1.29 is 13.7 Å². The van der Waals surface area contributed by atoms with Crippen LogP contribution in [0.25, 0.3) is 10.8 Å². The van der Waals surface area contributed by atoms with Crippen molar-refractivity contribution in [2.75, 3.05) is 18.4 Å². The van der Waals surface area contributed by atoms with E-state index in [1.165, 1.54) is 0 Å². The fraction of sp³-hybridized carbons (Fsp3) is 0.375. The van der Waals surface area contributed by atoms with Gasteiger partial charge in [0.25, 0.3) is 5.89 Å². The van der Waals surface area contributed by atoms with E-state index < -0.39 is 0 Å². The Labute approximate surface area is 148 Å². The second-order valence-electron chi connectivity index (χ2n) is 5.56. The van der Waals surface area contributed by atoms with Crippen molar-refractivity contribution in [2.45, 2.75) is 26.8 Å². The average Bonchev–Trinajstić information content (AvgIpc) is 3.29. The first kappa shape index (κ1) is 17.3. The van der Waals surface area contributed by atoms with Crippen LogP contribution in [0, 0.1) is 6.92 Å². The third kappa shape index (κ3) is 4.74. The van der Waals surface area contributed by atoms with E-state index in [-0.39, 0.29) is 12.5 Å². The number of hydrogen-bond acceptors (Lipinski definition) is 8. The zero-order valence-corrected chi connectivity index (χ0v) is 14.9. The quantitative estimate of drug-likeness (QED) is 0.659. The molecule has 0 aliphatic rings. The monoisotopic (exact) mass is 361 g/mol. The minimum Gasteiger partial charge on any atom is -0.419 e. The molecule has 0 unspecified atom stereocenters. The number of amides is 1. The molecule has 1 N–H and O–H groups in total. The highest BCUT2D eigenvalue weighted by Crippen LogP contribution is 2.23. The van der Waals surface area contributed by atoms with Crippen LogP contribution in [0.5, 0.6) is 0 Å². The van der Waals surface area contributed by atoms with E-state index in [1.54, 1.807) is 24.3 Å². The van der Waals surface area contributed by atoms with Crippen LogP contribution in [0.3, 0.4) is 0 Å². The number of nitrogens with one attached hydrogen (secondary N) is 1. The van der Waals surface area contributed by atoms with Gasteiger partial charge in [-0.05, 0) is 31.3 Å². The average molecular weight is 361 g/mol. The molecule has 3 aromatic heterocycles. The van der Waals surface area contributed by atoms with Crippen molar-refractivity contribution in [3.8, 4) is 10.8 Å². The normalized spacial score (nSPS) is 11.2. The van der Waals surface area contributed by atoms with Crippen LogP contribution < -0.4 is 5.32 Å². The van der Waals surface area contributed by atoms with Crippen LogP contribution >= 0.6 is 11.3 Å². The van der Waals surface area contributed by atoms with Gasteiger partial charge < -0.3 is 14.3 Å². The van der Waals surface area contributed by atoms with Gasteiger partial charge in [0.15, 0.2) is 5.82 Å². The molecule has 132 valence electrons. The Balaban J connectivity index is 1.60. The largest absolute Gasteiger partial charge is 0.419 e. The lowest BCUT2D eigenvalue weighted by Gasteiger charge is -2.18. The number of rotatable bonds is 8. The van der Waals surface area contributed by atoms with Crippen molar-refractivity contribution in [1.82, 2.24) is 20.3 Å². The van der Waals surface area contributed by atoms with Crippen molar-refractivity contribution in [2.24, 2.45) is 0 Å². The molecule has 1 amide bonds. The molecule has 0 radical (unpaired) electrons. The van der Waals surface area contributed by atoms with E-state index in [9.17, 15) is 4.79 Å². The van der Waals surface area contributed by atoms with Crippen molar-refractivity contribution in [1.29, 1.82) is 0 Å². The summed E-state index contributed by atoms with van der Waals surface area (Å²) in [5.74, 6) is 1.88. The van der Waals surface area contributed by atoms with Crippen LogP contribution in [0.2, 0.25) is 0 Å². The Morgan fingerprint density at radius 2 is 2.28 bits per heavy atom. The Bertz CT molecular complexity index is 811. The molecule has 0 bridgehead atoms. The summed E-state index contributed by atoms with van der Waals surface area (Å²) in [6.45, 7) is 5.18. The Morgan fingerprint density at radius 1 is 1.40 bits per heavy atom. The number of hydrogen-bond donors (Lipinski definition) is 1.